The second-order valence-corrected chi connectivity index (χ2v) is 11.9. The molecule has 5 aliphatic rings. The third kappa shape index (κ3) is 3.43. The molecule has 0 aromatic heterocycles. The number of benzene rings is 1. The van der Waals surface area contributed by atoms with Gasteiger partial charge < -0.3 is 19.5 Å². The minimum absolute atomic E-state index is 0.00783. The molecule has 6 heteroatoms. The summed E-state index contributed by atoms with van der Waals surface area (Å²) >= 11 is 6.02. The normalized spacial score (nSPS) is 42.9. The molecule has 3 aliphatic heterocycles. The van der Waals surface area contributed by atoms with E-state index < -0.39 is 5.60 Å². The van der Waals surface area contributed by atoms with Gasteiger partial charge in [0.05, 0.1) is 23.7 Å². The molecular formula is C26H34ClNO4. The van der Waals surface area contributed by atoms with E-state index in [9.17, 15) is 9.90 Å². The van der Waals surface area contributed by atoms with Gasteiger partial charge in [-0.25, -0.2) is 0 Å². The zero-order valence-corrected chi connectivity index (χ0v) is 19.7. The maximum atomic E-state index is 12.9. The fourth-order valence-corrected chi connectivity index (χ4v) is 7.72. The summed E-state index contributed by atoms with van der Waals surface area (Å²) in [7, 11) is 0. The number of aliphatic hydroxyl groups is 1. The summed E-state index contributed by atoms with van der Waals surface area (Å²) < 4.78 is 12.0. The van der Waals surface area contributed by atoms with E-state index in [-0.39, 0.29) is 29.0 Å². The van der Waals surface area contributed by atoms with Crippen molar-refractivity contribution >= 4 is 17.6 Å². The predicted molar refractivity (Wildman–Crippen MR) is 121 cm³/mol. The van der Waals surface area contributed by atoms with Gasteiger partial charge in [-0.1, -0.05) is 30.7 Å². The molecular weight excluding hydrogens is 426 g/mol. The van der Waals surface area contributed by atoms with Crippen molar-refractivity contribution in [2.75, 3.05) is 26.2 Å². The van der Waals surface area contributed by atoms with E-state index in [1.54, 1.807) is 0 Å². The number of esters is 1. The lowest BCUT2D eigenvalue weighted by Gasteiger charge is -2.51. The molecule has 0 amide bonds. The van der Waals surface area contributed by atoms with Gasteiger partial charge in [0.1, 0.15) is 6.10 Å². The molecule has 1 N–H and O–H groups in total. The molecule has 5 nitrogen and oxygen atoms in total. The van der Waals surface area contributed by atoms with Crippen molar-refractivity contribution in [3.63, 3.8) is 0 Å². The average molecular weight is 460 g/mol. The van der Waals surface area contributed by atoms with Gasteiger partial charge in [-0.3, -0.25) is 4.79 Å². The molecule has 2 aliphatic carbocycles. The van der Waals surface area contributed by atoms with Gasteiger partial charge >= 0.3 is 5.97 Å². The Bertz CT molecular complexity index is 892. The van der Waals surface area contributed by atoms with Crippen molar-refractivity contribution in [1.82, 2.24) is 4.90 Å². The second kappa shape index (κ2) is 7.43. The van der Waals surface area contributed by atoms with Gasteiger partial charge in [-0.15, -0.1) is 0 Å². The van der Waals surface area contributed by atoms with Crippen LogP contribution in [0.25, 0.3) is 0 Å². The third-order valence-corrected chi connectivity index (χ3v) is 9.85. The van der Waals surface area contributed by atoms with Crippen LogP contribution >= 0.6 is 11.6 Å². The summed E-state index contributed by atoms with van der Waals surface area (Å²) in [5.74, 6) is 0.797. The summed E-state index contributed by atoms with van der Waals surface area (Å²) in [5, 5.41) is 11.9. The number of likely N-dealkylation sites (tertiary alicyclic amines) is 1. The highest BCUT2D eigenvalue weighted by atomic mass is 35.5. The van der Waals surface area contributed by atoms with Gasteiger partial charge in [-0.05, 0) is 74.0 Å². The first-order valence-electron chi connectivity index (χ1n) is 12.4. The molecule has 3 heterocycles. The quantitative estimate of drug-likeness (QED) is 0.543. The van der Waals surface area contributed by atoms with Gasteiger partial charge in [0.15, 0.2) is 0 Å². The highest BCUT2D eigenvalue weighted by Gasteiger charge is 2.65. The molecule has 1 spiro atoms. The Morgan fingerprint density at radius 2 is 1.88 bits per heavy atom. The van der Waals surface area contributed by atoms with Crippen LogP contribution in [0.4, 0.5) is 0 Å². The number of nitrogens with zero attached hydrogens (tertiary/aromatic N) is 1. The Balaban J connectivity index is 1.13. The number of hydrogen-bond acceptors (Lipinski definition) is 5. The average Bonchev–Trinajstić information content (AvgIpc) is 3.47. The van der Waals surface area contributed by atoms with E-state index in [4.69, 9.17) is 21.1 Å². The molecule has 2 saturated carbocycles. The van der Waals surface area contributed by atoms with E-state index in [0.29, 0.717) is 29.7 Å². The zero-order valence-electron chi connectivity index (χ0n) is 18.9. The molecule has 0 unspecified atom stereocenters. The van der Waals surface area contributed by atoms with Crippen molar-refractivity contribution < 1.29 is 19.4 Å². The molecule has 0 bridgehead atoms. The van der Waals surface area contributed by atoms with Crippen molar-refractivity contribution in [3.8, 4) is 0 Å². The Labute approximate surface area is 195 Å². The minimum Gasteiger partial charge on any atom is -0.462 e. The van der Waals surface area contributed by atoms with Crippen LogP contribution in [0.15, 0.2) is 24.3 Å². The molecule has 0 radical (unpaired) electrons. The SMILES string of the molecule is C[C@]12CCC[C@@]3(CO3)[C@@H]1C[C@@H]1[C@@H](C2)OC(=O)[C@@H]1CN1CCC(O)(c2ccc(Cl)cc2)CC1. The van der Waals surface area contributed by atoms with Gasteiger partial charge in [0, 0.05) is 30.6 Å². The number of piperidine rings is 1. The summed E-state index contributed by atoms with van der Waals surface area (Å²) in [6, 6.07) is 7.54. The van der Waals surface area contributed by atoms with Crippen molar-refractivity contribution in [2.24, 2.45) is 23.2 Å². The number of fused-ring (bicyclic) bond motifs is 3. The molecule has 5 fully saturated rings. The molecule has 1 aromatic carbocycles. The molecule has 6 atom stereocenters. The molecule has 1 aromatic rings. The monoisotopic (exact) mass is 459 g/mol. The van der Waals surface area contributed by atoms with E-state index in [0.717, 1.165) is 44.6 Å². The summed E-state index contributed by atoms with van der Waals surface area (Å²) in [6.45, 7) is 5.62. The first-order valence-corrected chi connectivity index (χ1v) is 12.7. The van der Waals surface area contributed by atoms with E-state index in [1.807, 2.05) is 24.3 Å². The van der Waals surface area contributed by atoms with Crippen LogP contribution < -0.4 is 0 Å². The standard InChI is InChI=1S/C26H34ClNO4/c1-24-7-2-8-26(16-31-26)22(24)13-19-20(23(29)32-21(19)14-24)15-28-11-9-25(30,10-12-28)17-3-5-18(27)6-4-17/h3-6,19-22,30H,2,7-16H2,1H3/t19-,20+,21+,22+,24+,26+/m0/s1. The van der Waals surface area contributed by atoms with Crippen LogP contribution in [0, 0.1) is 23.2 Å². The van der Waals surface area contributed by atoms with Crippen LogP contribution in [0.5, 0.6) is 0 Å². The van der Waals surface area contributed by atoms with Gasteiger partial charge in [0.25, 0.3) is 0 Å². The number of halogens is 1. The molecule has 174 valence electrons. The number of ether oxygens (including phenoxy) is 2. The van der Waals surface area contributed by atoms with Crippen LogP contribution in [0.1, 0.15) is 57.4 Å². The Morgan fingerprint density at radius 1 is 1.16 bits per heavy atom. The molecule has 3 saturated heterocycles. The highest BCUT2D eigenvalue weighted by molar-refractivity contribution is 6.30. The van der Waals surface area contributed by atoms with Gasteiger partial charge in [-0.2, -0.15) is 0 Å². The number of hydrogen-bond donors (Lipinski definition) is 1. The number of rotatable bonds is 3. The van der Waals surface area contributed by atoms with Crippen LogP contribution in [-0.4, -0.2) is 53.9 Å². The number of carbonyl (C=O) groups is 1. The molecule has 32 heavy (non-hydrogen) atoms. The van der Waals surface area contributed by atoms with E-state index in [1.165, 1.54) is 19.3 Å². The fourth-order valence-electron chi connectivity index (χ4n) is 7.60. The minimum atomic E-state index is -0.815. The first-order chi connectivity index (χ1) is 15.3. The predicted octanol–water partition coefficient (Wildman–Crippen LogP) is 4.15. The highest BCUT2D eigenvalue weighted by Crippen LogP contribution is 2.62. The van der Waals surface area contributed by atoms with Crippen molar-refractivity contribution in [1.29, 1.82) is 0 Å². The maximum Gasteiger partial charge on any atom is 0.310 e. The number of epoxide rings is 1. The van der Waals surface area contributed by atoms with Crippen LogP contribution in [0.3, 0.4) is 0 Å². The van der Waals surface area contributed by atoms with Crippen molar-refractivity contribution in [3.05, 3.63) is 34.9 Å². The lowest BCUT2D eigenvalue weighted by Crippen LogP contribution is -2.51. The molecule has 6 rings (SSSR count). The first kappa shape index (κ1) is 21.4. The summed E-state index contributed by atoms with van der Waals surface area (Å²) in [4.78, 5) is 15.3. The van der Waals surface area contributed by atoms with Crippen molar-refractivity contribution in [2.45, 2.75) is 69.2 Å². The third-order valence-electron chi connectivity index (χ3n) is 9.60. The summed E-state index contributed by atoms with van der Waals surface area (Å²) in [6.07, 6.45) is 7.09. The van der Waals surface area contributed by atoms with E-state index in [2.05, 4.69) is 11.8 Å². The Kier molecular flexibility index (Phi) is 4.97. The largest absolute Gasteiger partial charge is 0.462 e. The Hall–Kier alpha value is -1.14. The number of carbonyl (C=O) groups excluding carboxylic acids is 1. The lowest BCUT2D eigenvalue weighted by molar-refractivity contribution is -0.147. The van der Waals surface area contributed by atoms with Gasteiger partial charge in [0.2, 0.25) is 0 Å². The lowest BCUT2D eigenvalue weighted by atomic mass is 9.53. The topological polar surface area (TPSA) is 62.3 Å². The summed E-state index contributed by atoms with van der Waals surface area (Å²) in [5.41, 5.74) is 0.449. The smallest absolute Gasteiger partial charge is 0.310 e. The van der Waals surface area contributed by atoms with Crippen LogP contribution in [0.2, 0.25) is 5.02 Å². The second-order valence-electron chi connectivity index (χ2n) is 11.4. The maximum absolute atomic E-state index is 12.9. The Morgan fingerprint density at radius 3 is 2.56 bits per heavy atom. The zero-order chi connectivity index (χ0) is 22.1. The van der Waals surface area contributed by atoms with Crippen LogP contribution in [-0.2, 0) is 19.9 Å². The van der Waals surface area contributed by atoms with E-state index >= 15 is 0 Å². The fraction of sp³-hybridized carbons (Fsp3) is 0.731.